The predicted molar refractivity (Wildman–Crippen MR) is 150 cm³/mol. The maximum Gasteiger partial charge on any atom is 0.126 e. The van der Waals surface area contributed by atoms with Gasteiger partial charge in [-0.25, -0.2) is 0 Å². The van der Waals surface area contributed by atoms with E-state index >= 15 is 0 Å². The number of ether oxygens (including phenoxy) is 1. The third-order valence-corrected chi connectivity index (χ3v) is 13.8. The molecule has 2 heteroatoms. The van der Waals surface area contributed by atoms with E-state index in [-0.39, 0.29) is 16.7 Å². The van der Waals surface area contributed by atoms with Crippen LogP contribution < -0.4 is 10.4 Å². The van der Waals surface area contributed by atoms with Gasteiger partial charge in [-0.05, 0) is 35.6 Å². The van der Waals surface area contributed by atoms with Gasteiger partial charge in [0.25, 0.3) is 0 Å². The Balaban J connectivity index is 1.86. The molecule has 0 saturated carbocycles. The molecule has 1 nitrogen and oxygen atoms in total. The zero-order valence-corrected chi connectivity index (χ0v) is 22.6. The van der Waals surface area contributed by atoms with Crippen LogP contribution in [0.4, 0.5) is 0 Å². The van der Waals surface area contributed by atoms with Crippen molar-refractivity contribution >= 4 is 24.0 Å². The maximum atomic E-state index is 7.02. The second-order valence-electron chi connectivity index (χ2n) is 11.2. The van der Waals surface area contributed by atoms with E-state index in [1.807, 2.05) is 0 Å². The molecule has 0 aliphatic carbocycles. The minimum Gasteiger partial charge on any atom is -0.368 e. The van der Waals surface area contributed by atoms with Gasteiger partial charge in [0.05, 0.1) is 11.7 Å². The average Bonchev–Trinajstić information content (AvgIpc) is 2.83. The van der Waals surface area contributed by atoms with Crippen molar-refractivity contribution in [2.45, 2.75) is 76.7 Å². The molecule has 0 bridgehead atoms. The monoisotopic (exact) mass is 468 g/mol. The van der Waals surface area contributed by atoms with Crippen molar-refractivity contribution in [3.05, 3.63) is 103 Å². The number of benzene rings is 3. The summed E-state index contributed by atoms with van der Waals surface area (Å²) in [7, 11) is -2.22. The molecule has 0 spiro atoms. The molecule has 0 unspecified atom stereocenters. The molecule has 0 N–H and O–H groups in total. The van der Waals surface area contributed by atoms with Gasteiger partial charge in [-0.1, -0.05) is 142 Å². The lowest BCUT2D eigenvalue weighted by Gasteiger charge is -2.48. The summed E-state index contributed by atoms with van der Waals surface area (Å²) in [5.41, 5.74) is 2.64. The molecule has 2 atom stereocenters. The Labute approximate surface area is 207 Å². The highest BCUT2D eigenvalue weighted by Gasteiger charge is 2.50. The number of hydrogen-bond acceptors (Lipinski definition) is 1. The van der Waals surface area contributed by atoms with Gasteiger partial charge in [-0.15, -0.1) is 0 Å². The molecule has 3 aromatic rings. The number of hydrogen-bond donors (Lipinski definition) is 0. The van der Waals surface area contributed by atoms with Gasteiger partial charge >= 0.3 is 0 Å². The minimum atomic E-state index is -2.22. The first-order valence-electron chi connectivity index (χ1n) is 12.8. The van der Waals surface area contributed by atoms with Gasteiger partial charge in [0, 0.05) is 6.42 Å². The SMILES string of the molecule is CCC[C@@]1(C)CC(c2ccccc2)=C[C@@H](C[Si](c2ccccc2)(c2ccccc2)C(C)(C)C)O1. The van der Waals surface area contributed by atoms with Crippen molar-refractivity contribution in [3.8, 4) is 0 Å². The summed E-state index contributed by atoms with van der Waals surface area (Å²) in [6.45, 7) is 11.9. The van der Waals surface area contributed by atoms with E-state index in [0.717, 1.165) is 25.3 Å². The Kier molecular flexibility index (Phi) is 7.30. The molecule has 0 saturated heterocycles. The first-order valence-corrected chi connectivity index (χ1v) is 15.0. The van der Waals surface area contributed by atoms with Crippen LogP contribution >= 0.6 is 0 Å². The fourth-order valence-corrected chi connectivity index (χ4v) is 11.6. The minimum absolute atomic E-state index is 0.0896. The molecule has 4 rings (SSSR count). The Morgan fingerprint density at radius 1 is 0.824 bits per heavy atom. The zero-order chi connectivity index (χ0) is 24.2. The van der Waals surface area contributed by atoms with Crippen LogP contribution in [-0.2, 0) is 4.74 Å². The van der Waals surface area contributed by atoms with Crippen molar-refractivity contribution < 1.29 is 4.74 Å². The predicted octanol–water partition coefficient (Wildman–Crippen LogP) is 7.48. The quantitative estimate of drug-likeness (QED) is 0.327. The molecule has 34 heavy (non-hydrogen) atoms. The van der Waals surface area contributed by atoms with E-state index in [9.17, 15) is 0 Å². The average molecular weight is 469 g/mol. The summed E-state index contributed by atoms with van der Waals surface area (Å²) >= 11 is 0. The normalized spacial score (nSPS) is 21.2. The molecular formula is C32H40OSi. The topological polar surface area (TPSA) is 9.23 Å². The van der Waals surface area contributed by atoms with Crippen LogP contribution in [0.1, 0.15) is 59.4 Å². The summed E-state index contributed by atoms with van der Waals surface area (Å²) in [6.07, 6.45) is 5.72. The van der Waals surface area contributed by atoms with Crippen molar-refractivity contribution in [2.24, 2.45) is 0 Å². The first-order chi connectivity index (χ1) is 16.3. The maximum absolute atomic E-state index is 7.02. The summed E-state index contributed by atoms with van der Waals surface area (Å²) in [5.74, 6) is 0. The van der Waals surface area contributed by atoms with Crippen LogP contribution in [-0.4, -0.2) is 19.8 Å². The summed E-state index contributed by atoms with van der Waals surface area (Å²) in [5, 5.41) is 3.11. The van der Waals surface area contributed by atoms with Crippen LogP contribution in [0, 0.1) is 0 Å². The molecule has 1 aliphatic rings. The Bertz CT molecular complexity index is 1040. The van der Waals surface area contributed by atoms with Crippen LogP contribution in [0.2, 0.25) is 11.1 Å². The second-order valence-corrected chi connectivity index (χ2v) is 16.1. The van der Waals surface area contributed by atoms with E-state index in [0.29, 0.717) is 0 Å². The van der Waals surface area contributed by atoms with Crippen molar-refractivity contribution in [1.29, 1.82) is 0 Å². The van der Waals surface area contributed by atoms with E-state index in [2.05, 4.69) is 132 Å². The largest absolute Gasteiger partial charge is 0.368 e. The fourth-order valence-electron chi connectivity index (χ4n) is 6.08. The molecule has 1 aliphatic heterocycles. The molecule has 3 aromatic carbocycles. The van der Waals surface area contributed by atoms with E-state index in [1.165, 1.54) is 21.5 Å². The fraction of sp³-hybridized carbons (Fsp3) is 0.375. The first kappa shape index (κ1) is 24.7. The molecule has 0 radical (unpaired) electrons. The highest BCUT2D eigenvalue weighted by atomic mass is 28.3. The van der Waals surface area contributed by atoms with Crippen molar-refractivity contribution in [3.63, 3.8) is 0 Å². The van der Waals surface area contributed by atoms with Crippen LogP contribution in [0.3, 0.4) is 0 Å². The Hall–Kier alpha value is -2.42. The lowest BCUT2D eigenvalue weighted by molar-refractivity contribution is -0.0656. The van der Waals surface area contributed by atoms with Gasteiger partial charge in [-0.3, -0.25) is 0 Å². The van der Waals surface area contributed by atoms with Gasteiger partial charge in [-0.2, -0.15) is 0 Å². The molecule has 0 aromatic heterocycles. The summed E-state index contributed by atoms with van der Waals surface area (Å²) < 4.78 is 7.02. The summed E-state index contributed by atoms with van der Waals surface area (Å²) in [4.78, 5) is 0. The van der Waals surface area contributed by atoms with Crippen molar-refractivity contribution in [2.75, 3.05) is 0 Å². The standard InChI is InChI=1S/C32H40OSi/c1-6-22-32(5)24-27(26-16-10-7-11-17-26)23-28(33-32)25-34(31(2,3)4,29-18-12-8-13-19-29)30-20-14-9-15-21-30/h7-21,23,28H,6,22,24-25H2,1-5H3/t28-,32-/m0/s1. The molecule has 0 fully saturated rings. The zero-order valence-electron chi connectivity index (χ0n) is 21.6. The smallest absolute Gasteiger partial charge is 0.126 e. The second kappa shape index (κ2) is 10.1. The molecule has 0 amide bonds. The van der Waals surface area contributed by atoms with Gasteiger partial charge in [0.2, 0.25) is 0 Å². The van der Waals surface area contributed by atoms with Gasteiger partial charge in [0.1, 0.15) is 8.07 Å². The van der Waals surface area contributed by atoms with Crippen LogP contribution in [0.25, 0.3) is 5.57 Å². The third kappa shape index (κ3) is 4.99. The Morgan fingerprint density at radius 2 is 1.32 bits per heavy atom. The lowest BCUT2D eigenvalue weighted by Crippen LogP contribution is -2.65. The number of rotatable bonds is 7. The van der Waals surface area contributed by atoms with Crippen LogP contribution in [0.15, 0.2) is 97.1 Å². The van der Waals surface area contributed by atoms with E-state index < -0.39 is 8.07 Å². The Morgan fingerprint density at radius 3 is 1.79 bits per heavy atom. The molecule has 178 valence electrons. The van der Waals surface area contributed by atoms with Gasteiger partial charge < -0.3 is 4.74 Å². The van der Waals surface area contributed by atoms with E-state index in [1.54, 1.807) is 0 Å². The highest BCUT2D eigenvalue weighted by Crippen LogP contribution is 2.44. The summed E-state index contributed by atoms with van der Waals surface area (Å²) in [6, 6.07) is 34.5. The third-order valence-electron chi connectivity index (χ3n) is 7.63. The molecule has 1 heterocycles. The highest BCUT2D eigenvalue weighted by molar-refractivity contribution is 7.04. The van der Waals surface area contributed by atoms with Crippen LogP contribution in [0.5, 0.6) is 0 Å². The lowest BCUT2D eigenvalue weighted by atomic mass is 9.85. The van der Waals surface area contributed by atoms with Crippen molar-refractivity contribution in [1.82, 2.24) is 0 Å². The van der Waals surface area contributed by atoms with E-state index in [4.69, 9.17) is 4.74 Å². The van der Waals surface area contributed by atoms with Gasteiger partial charge in [0.15, 0.2) is 0 Å². The molecular weight excluding hydrogens is 428 g/mol.